The molecule has 2 rings (SSSR count). The minimum absolute atomic E-state index is 0.309. The average molecular weight is 219 g/mol. The monoisotopic (exact) mass is 219 g/mol. The third kappa shape index (κ3) is 1.88. The Bertz CT molecular complexity index is 554. The van der Waals surface area contributed by atoms with Crippen LogP contribution in [-0.4, -0.2) is 15.1 Å². The number of pyridine rings is 1. The Balaban J connectivity index is 2.62. The summed E-state index contributed by atoms with van der Waals surface area (Å²) in [5.41, 5.74) is 2.60. The van der Waals surface area contributed by atoms with Crippen LogP contribution in [0.1, 0.15) is 31.0 Å². The lowest BCUT2D eigenvalue weighted by Crippen LogP contribution is -2.00. The lowest BCUT2D eigenvalue weighted by Gasteiger charge is -2.09. The molecule has 0 saturated heterocycles. The minimum atomic E-state index is -0.562. The molecule has 0 unspecified atom stereocenters. The Kier molecular flexibility index (Phi) is 2.60. The highest BCUT2D eigenvalue weighted by Crippen LogP contribution is 2.24. The van der Waals surface area contributed by atoms with E-state index in [4.69, 9.17) is 0 Å². The van der Waals surface area contributed by atoms with E-state index < -0.39 is 5.76 Å². The predicted molar refractivity (Wildman–Crippen MR) is 59.2 cm³/mol. The number of H-pyrrole nitrogens is 1. The van der Waals surface area contributed by atoms with Crippen molar-refractivity contribution in [2.45, 2.75) is 26.7 Å². The molecule has 2 aromatic rings. The van der Waals surface area contributed by atoms with E-state index >= 15 is 0 Å². The first-order chi connectivity index (χ1) is 7.58. The molecule has 5 nitrogen and oxygen atoms in total. The summed E-state index contributed by atoms with van der Waals surface area (Å²) >= 11 is 0. The van der Waals surface area contributed by atoms with Gasteiger partial charge in [0, 0.05) is 5.69 Å². The van der Waals surface area contributed by atoms with Crippen molar-refractivity contribution < 1.29 is 4.52 Å². The molecule has 0 amide bonds. The van der Waals surface area contributed by atoms with Gasteiger partial charge in [0.25, 0.3) is 0 Å². The van der Waals surface area contributed by atoms with E-state index in [0.717, 1.165) is 11.3 Å². The highest BCUT2D eigenvalue weighted by atomic mass is 16.5. The van der Waals surface area contributed by atoms with Crippen molar-refractivity contribution in [3.63, 3.8) is 0 Å². The maximum Gasteiger partial charge on any atom is 0.439 e. The number of hydrogen-bond donors (Lipinski definition) is 1. The molecule has 84 valence electrons. The van der Waals surface area contributed by atoms with E-state index in [1.54, 1.807) is 0 Å². The molecule has 0 bridgehead atoms. The van der Waals surface area contributed by atoms with Gasteiger partial charge in [0.2, 0.25) is 5.82 Å². The Hall–Kier alpha value is -1.91. The van der Waals surface area contributed by atoms with Crippen molar-refractivity contribution in [3.8, 4) is 11.5 Å². The SMILES string of the molecule is Cc1ccc(C(C)C)c(-c2noc(=O)[nH]2)n1. The number of aromatic nitrogens is 3. The van der Waals surface area contributed by atoms with E-state index in [1.807, 2.05) is 19.1 Å². The second-order valence-electron chi connectivity index (χ2n) is 3.99. The first-order valence-corrected chi connectivity index (χ1v) is 5.12. The maximum atomic E-state index is 10.9. The Morgan fingerprint density at radius 1 is 1.38 bits per heavy atom. The molecule has 2 heterocycles. The molecule has 0 atom stereocenters. The standard InChI is InChI=1S/C11H13N3O2/c1-6(2)8-5-4-7(3)12-9(8)10-13-11(15)16-14-10/h4-6H,1-3H3,(H,13,14,15). The quantitative estimate of drug-likeness (QED) is 0.836. The van der Waals surface area contributed by atoms with Crippen molar-refractivity contribution in [2.24, 2.45) is 0 Å². The molecule has 1 N–H and O–H groups in total. The summed E-state index contributed by atoms with van der Waals surface area (Å²) in [6.07, 6.45) is 0. The minimum Gasteiger partial charge on any atom is -0.296 e. The molecular formula is C11H13N3O2. The van der Waals surface area contributed by atoms with Gasteiger partial charge in [-0.15, -0.1) is 0 Å². The molecule has 5 heteroatoms. The first-order valence-electron chi connectivity index (χ1n) is 5.12. The van der Waals surface area contributed by atoms with E-state index in [0.29, 0.717) is 17.4 Å². The fourth-order valence-electron chi connectivity index (χ4n) is 1.55. The predicted octanol–water partition coefficient (Wildman–Crippen LogP) is 1.86. The highest BCUT2D eigenvalue weighted by Gasteiger charge is 2.14. The summed E-state index contributed by atoms with van der Waals surface area (Å²) in [6.45, 7) is 6.02. The van der Waals surface area contributed by atoms with Crippen LogP contribution >= 0.6 is 0 Å². The van der Waals surface area contributed by atoms with Crippen molar-refractivity contribution in [1.82, 2.24) is 15.1 Å². The third-order valence-electron chi connectivity index (χ3n) is 2.35. The van der Waals surface area contributed by atoms with E-state index in [1.165, 1.54) is 0 Å². The van der Waals surface area contributed by atoms with E-state index in [2.05, 4.69) is 33.5 Å². The molecule has 0 aliphatic rings. The van der Waals surface area contributed by atoms with Gasteiger partial charge in [0.1, 0.15) is 5.69 Å². The summed E-state index contributed by atoms with van der Waals surface area (Å²) in [4.78, 5) is 17.8. The van der Waals surface area contributed by atoms with Gasteiger partial charge >= 0.3 is 5.76 Å². The number of aryl methyl sites for hydroxylation is 1. The zero-order valence-corrected chi connectivity index (χ0v) is 9.44. The second kappa shape index (κ2) is 3.92. The molecule has 0 aromatic carbocycles. The molecule has 0 radical (unpaired) electrons. The van der Waals surface area contributed by atoms with E-state index in [-0.39, 0.29) is 0 Å². The van der Waals surface area contributed by atoms with Crippen LogP contribution in [0.25, 0.3) is 11.5 Å². The summed E-state index contributed by atoms with van der Waals surface area (Å²) < 4.78 is 4.49. The normalized spacial score (nSPS) is 11.0. The molecule has 0 saturated carbocycles. The Morgan fingerprint density at radius 3 is 2.69 bits per heavy atom. The number of nitrogens with one attached hydrogen (secondary N) is 1. The van der Waals surface area contributed by atoms with E-state index in [9.17, 15) is 4.79 Å². The van der Waals surface area contributed by atoms with Gasteiger partial charge in [-0.1, -0.05) is 25.1 Å². The van der Waals surface area contributed by atoms with Crippen molar-refractivity contribution >= 4 is 0 Å². The fraction of sp³-hybridized carbons (Fsp3) is 0.364. The van der Waals surface area contributed by atoms with Gasteiger partial charge in [-0.25, -0.2) is 9.78 Å². The second-order valence-corrected chi connectivity index (χ2v) is 3.99. The topological polar surface area (TPSA) is 71.8 Å². The van der Waals surface area contributed by atoms with Crippen LogP contribution in [0.15, 0.2) is 21.5 Å². The number of aromatic amines is 1. The molecule has 2 aromatic heterocycles. The van der Waals surface area contributed by atoms with Gasteiger partial charge in [-0.05, 0) is 24.5 Å². The smallest absolute Gasteiger partial charge is 0.296 e. The summed E-state index contributed by atoms with van der Waals surface area (Å²) in [6, 6.07) is 3.94. The number of nitrogens with zero attached hydrogens (tertiary/aromatic N) is 2. The van der Waals surface area contributed by atoms with Crippen LogP contribution in [0.5, 0.6) is 0 Å². The first kappa shape index (κ1) is 10.6. The van der Waals surface area contributed by atoms with Crippen LogP contribution in [-0.2, 0) is 0 Å². The van der Waals surface area contributed by atoms with Gasteiger partial charge in [-0.2, -0.15) is 0 Å². The Labute approximate surface area is 92.5 Å². The molecular weight excluding hydrogens is 206 g/mol. The van der Waals surface area contributed by atoms with Gasteiger partial charge in [0.05, 0.1) is 0 Å². The zero-order valence-electron chi connectivity index (χ0n) is 9.44. The van der Waals surface area contributed by atoms with Crippen molar-refractivity contribution in [3.05, 3.63) is 33.9 Å². The lowest BCUT2D eigenvalue weighted by molar-refractivity contribution is 0.387. The van der Waals surface area contributed by atoms with Crippen LogP contribution < -0.4 is 5.76 Å². The lowest BCUT2D eigenvalue weighted by atomic mass is 10.0. The number of rotatable bonds is 2. The summed E-state index contributed by atoms with van der Waals surface area (Å²) in [5, 5.41) is 3.66. The molecule has 16 heavy (non-hydrogen) atoms. The highest BCUT2D eigenvalue weighted by molar-refractivity contribution is 5.55. The Morgan fingerprint density at radius 2 is 2.12 bits per heavy atom. The average Bonchev–Trinajstić information content (AvgIpc) is 2.64. The largest absolute Gasteiger partial charge is 0.439 e. The van der Waals surface area contributed by atoms with Crippen LogP contribution in [0, 0.1) is 6.92 Å². The third-order valence-corrected chi connectivity index (χ3v) is 2.35. The van der Waals surface area contributed by atoms with Gasteiger partial charge in [-0.3, -0.25) is 9.51 Å². The summed E-state index contributed by atoms with van der Waals surface area (Å²) in [5.74, 6) is 0.133. The van der Waals surface area contributed by atoms with Crippen molar-refractivity contribution in [2.75, 3.05) is 0 Å². The zero-order chi connectivity index (χ0) is 11.7. The molecule has 0 spiro atoms. The maximum absolute atomic E-state index is 10.9. The summed E-state index contributed by atoms with van der Waals surface area (Å²) in [7, 11) is 0. The molecule has 0 aliphatic carbocycles. The molecule has 0 aliphatic heterocycles. The van der Waals surface area contributed by atoms with Crippen LogP contribution in [0.2, 0.25) is 0 Å². The molecule has 0 fully saturated rings. The fourth-order valence-corrected chi connectivity index (χ4v) is 1.55. The van der Waals surface area contributed by atoms with Crippen molar-refractivity contribution in [1.29, 1.82) is 0 Å². The van der Waals surface area contributed by atoms with Gasteiger partial charge < -0.3 is 0 Å². The van der Waals surface area contributed by atoms with Crippen LogP contribution in [0.4, 0.5) is 0 Å². The number of hydrogen-bond acceptors (Lipinski definition) is 4. The van der Waals surface area contributed by atoms with Gasteiger partial charge in [0.15, 0.2) is 0 Å². The van der Waals surface area contributed by atoms with Crippen LogP contribution in [0.3, 0.4) is 0 Å².